The predicted molar refractivity (Wildman–Crippen MR) is 113 cm³/mol. The first-order valence-electron chi connectivity index (χ1n) is 11.1. The van der Waals surface area contributed by atoms with Gasteiger partial charge in [-0.25, -0.2) is 0 Å². The molecule has 10 nitrogen and oxygen atoms in total. The summed E-state index contributed by atoms with van der Waals surface area (Å²) in [6, 6.07) is 6.29. The van der Waals surface area contributed by atoms with E-state index in [0.717, 1.165) is 37.0 Å². The predicted octanol–water partition coefficient (Wildman–Crippen LogP) is 1.82. The van der Waals surface area contributed by atoms with Crippen LogP contribution in [-0.2, 0) is 16.1 Å². The van der Waals surface area contributed by atoms with E-state index in [-0.39, 0.29) is 24.0 Å². The minimum absolute atomic E-state index is 0.0718. The molecule has 0 spiro atoms. The Balaban J connectivity index is 1.39. The molecule has 2 aromatic rings. The first-order chi connectivity index (χ1) is 15.9. The van der Waals surface area contributed by atoms with E-state index in [1.807, 2.05) is 0 Å². The maximum absolute atomic E-state index is 13.0. The number of carbonyl (C=O) groups is 4. The Morgan fingerprint density at radius 2 is 1.85 bits per heavy atom. The number of amides is 4. The van der Waals surface area contributed by atoms with Crippen molar-refractivity contribution in [2.45, 2.75) is 57.5 Å². The number of piperidine rings is 1. The van der Waals surface area contributed by atoms with Gasteiger partial charge < -0.3 is 0 Å². The van der Waals surface area contributed by atoms with Crippen molar-refractivity contribution < 1.29 is 19.2 Å². The number of nitrogens with one attached hydrogen (secondary N) is 1. The van der Waals surface area contributed by atoms with Gasteiger partial charge in [0.15, 0.2) is 0 Å². The van der Waals surface area contributed by atoms with Crippen LogP contribution in [0, 0.1) is 16.7 Å². The molecule has 0 bridgehead atoms. The Morgan fingerprint density at radius 3 is 2.58 bits per heavy atom. The minimum atomic E-state index is -1.00. The number of aromatic nitrogens is 3. The summed E-state index contributed by atoms with van der Waals surface area (Å²) in [6.45, 7) is 0.460. The Bertz CT molecular complexity index is 1220. The smallest absolute Gasteiger partial charge is 0.262 e. The number of nitriles is 1. The SMILES string of the molecule is N#CC1(Cn2cc(-c3ccc4c(c3)C(=O)N(C3CCC(=O)NC3=O)C4=O)nn2)CCCCC1. The molecule has 0 radical (unpaired) electrons. The molecular weight excluding hydrogens is 424 g/mol. The van der Waals surface area contributed by atoms with Gasteiger partial charge in [0.2, 0.25) is 11.8 Å². The summed E-state index contributed by atoms with van der Waals surface area (Å²) in [4.78, 5) is 50.5. The molecule has 33 heavy (non-hydrogen) atoms. The van der Waals surface area contributed by atoms with Crippen LogP contribution in [0.5, 0.6) is 0 Å². The molecule has 2 aliphatic heterocycles. The van der Waals surface area contributed by atoms with Gasteiger partial charge in [0.25, 0.3) is 11.8 Å². The van der Waals surface area contributed by atoms with E-state index >= 15 is 0 Å². The molecule has 1 aromatic heterocycles. The van der Waals surface area contributed by atoms with E-state index in [1.54, 1.807) is 29.1 Å². The maximum atomic E-state index is 13.0. The van der Waals surface area contributed by atoms with Crippen LogP contribution >= 0.6 is 0 Å². The van der Waals surface area contributed by atoms with E-state index in [4.69, 9.17) is 0 Å². The summed E-state index contributed by atoms with van der Waals surface area (Å²) in [7, 11) is 0. The lowest BCUT2D eigenvalue weighted by atomic mass is 9.75. The Morgan fingerprint density at radius 1 is 1.09 bits per heavy atom. The van der Waals surface area contributed by atoms with Gasteiger partial charge in [-0.3, -0.25) is 34.1 Å². The van der Waals surface area contributed by atoms with Gasteiger partial charge in [0, 0.05) is 12.0 Å². The van der Waals surface area contributed by atoms with Crippen LogP contribution in [0.2, 0.25) is 0 Å². The van der Waals surface area contributed by atoms with E-state index in [2.05, 4.69) is 21.7 Å². The molecule has 1 N–H and O–H groups in total. The number of carbonyl (C=O) groups excluding carboxylic acids is 4. The molecular formula is C23H22N6O4. The van der Waals surface area contributed by atoms with Crippen LogP contribution in [0.15, 0.2) is 24.4 Å². The fourth-order valence-electron chi connectivity index (χ4n) is 4.98. The van der Waals surface area contributed by atoms with Crippen LogP contribution in [0.4, 0.5) is 0 Å². The molecule has 10 heteroatoms. The summed E-state index contributed by atoms with van der Waals surface area (Å²) in [5.74, 6) is -2.17. The summed E-state index contributed by atoms with van der Waals surface area (Å²) >= 11 is 0. The average Bonchev–Trinajstić information content (AvgIpc) is 3.37. The topological polar surface area (TPSA) is 138 Å². The standard InChI is InChI=1S/C23H22N6O4/c24-12-23(8-2-1-3-9-23)13-28-11-17(26-27-28)14-4-5-15-16(10-14)22(33)29(21(15)32)18-6-7-19(30)25-20(18)31/h4-5,10-11,18H,1-3,6-9,13H2,(H,25,30,31). The third-order valence-electron chi connectivity index (χ3n) is 6.79. The van der Waals surface area contributed by atoms with Gasteiger partial charge in [-0.2, -0.15) is 5.26 Å². The Labute approximate surface area is 189 Å². The lowest BCUT2D eigenvalue weighted by Crippen LogP contribution is -2.54. The van der Waals surface area contributed by atoms with Crippen molar-refractivity contribution in [1.29, 1.82) is 5.26 Å². The molecule has 3 aliphatic rings. The minimum Gasteiger partial charge on any atom is -0.295 e. The highest BCUT2D eigenvalue weighted by Crippen LogP contribution is 2.37. The van der Waals surface area contributed by atoms with E-state index < -0.39 is 35.1 Å². The fraction of sp³-hybridized carbons (Fsp3) is 0.435. The quantitative estimate of drug-likeness (QED) is 0.707. The van der Waals surface area contributed by atoms with Crippen LogP contribution in [-0.4, -0.2) is 49.6 Å². The van der Waals surface area contributed by atoms with Crippen molar-refractivity contribution in [2.75, 3.05) is 0 Å². The number of fused-ring (bicyclic) bond motifs is 1. The van der Waals surface area contributed by atoms with Crippen molar-refractivity contribution in [3.63, 3.8) is 0 Å². The molecule has 1 saturated heterocycles. The monoisotopic (exact) mass is 446 g/mol. The number of hydrogen-bond donors (Lipinski definition) is 1. The fourth-order valence-corrected chi connectivity index (χ4v) is 4.98. The summed E-state index contributed by atoms with van der Waals surface area (Å²) in [5, 5.41) is 20.3. The Hall–Kier alpha value is -3.87. The van der Waals surface area contributed by atoms with Crippen LogP contribution in [0.3, 0.4) is 0 Å². The molecule has 1 atom stereocenters. The van der Waals surface area contributed by atoms with Crippen molar-refractivity contribution in [1.82, 2.24) is 25.2 Å². The second kappa shape index (κ2) is 7.92. The number of benzene rings is 1. The van der Waals surface area contributed by atoms with E-state index in [1.165, 1.54) is 0 Å². The van der Waals surface area contributed by atoms with Gasteiger partial charge in [0.1, 0.15) is 11.7 Å². The number of imide groups is 2. The zero-order valence-electron chi connectivity index (χ0n) is 17.9. The summed E-state index contributed by atoms with van der Waals surface area (Å²) in [5.41, 5.74) is 1.11. The second-order valence-electron chi connectivity index (χ2n) is 8.96. The molecule has 2 fully saturated rings. The van der Waals surface area contributed by atoms with Gasteiger partial charge in [0.05, 0.1) is 35.4 Å². The van der Waals surface area contributed by atoms with Gasteiger partial charge in [-0.1, -0.05) is 30.5 Å². The third kappa shape index (κ3) is 3.59. The Kier molecular flexibility index (Phi) is 5.04. The molecule has 5 rings (SSSR count). The number of rotatable bonds is 4. The highest BCUT2D eigenvalue weighted by Gasteiger charge is 2.44. The maximum Gasteiger partial charge on any atom is 0.262 e. The normalized spacial score (nSPS) is 22.2. The zero-order chi connectivity index (χ0) is 23.2. The molecule has 3 heterocycles. The van der Waals surface area contributed by atoms with Crippen molar-refractivity contribution in [2.24, 2.45) is 5.41 Å². The van der Waals surface area contributed by atoms with Crippen LogP contribution in [0.1, 0.15) is 65.7 Å². The van der Waals surface area contributed by atoms with Gasteiger partial charge in [-0.05, 0) is 31.4 Å². The first kappa shape index (κ1) is 21.0. The van der Waals surface area contributed by atoms with E-state index in [0.29, 0.717) is 17.8 Å². The van der Waals surface area contributed by atoms with E-state index in [9.17, 15) is 24.4 Å². The first-order valence-corrected chi connectivity index (χ1v) is 11.1. The molecule has 1 saturated carbocycles. The van der Waals surface area contributed by atoms with Gasteiger partial charge in [-0.15, -0.1) is 5.10 Å². The number of hydrogen-bond acceptors (Lipinski definition) is 7. The van der Waals surface area contributed by atoms with Crippen LogP contribution < -0.4 is 5.32 Å². The largest absolute Gasteiger partial charge is 0.295 e. The lowest BCUT2D eigenvalue weighted by Gasteiger charge is -2.30. The molecule has 1 unspecified atom stereocenters. The zero-order valence-corrected chi connectivity index (χ0v) is 17.9. The van der Waals surface area contributed by atoms with Gasteiger partial charge >= 0.3 is 0 Å². The van der Waals surface area contributed by atoms with Crippen molar-refractivity contribution in [3.05, 3.63) is 35.5 Å². The molecule has 168 valence electrons. The summed E-state index contributed by atoms with van der Waals surface area (Å²) in [6.07, 6.45) is 6.80. The second-order valence-corrected chi connectivity index (χ2v) is 8.96. The molecule has 1 aliphatic carbocycles. The summed E-state index contributed by atoms with van der Waals surface area (Å²) < 4.78 is 1.67. The molecule has 1 aromatic carbocycles. The molecule has 4 amide bonds. The highest BCUT2D eigenvalue weighted by atomic mass is 16.2. The third-order valence-corrected chi connectivity index (χ3v) is 6.79. The van der Waals surface area contributed by atoms with Crippen LogP contribution in [0.25, 0.3) is 11.3 Å². The van der Waals surface area contributed by atoms with Crippen molar-refractivity contribution >= 4 is 23.6 Å². The number of nitrogens with zero attached hydrogens (tertiary/aromatic N) is 5. The average molecular weight is 446 g/mol. The lowest BCUT2D eigenvalue weighted by molar-refractivity contribution is -0.136. The highest BCUT2D eigenvalue weighted by molar-refractivity contribution is 6.23. The van der Waals surface area contributed by atoms with Crippen molar-refractivity contribution in [3.8, 4) is 17.3 Å².